The second-order valence-electron chi connectivity index (χ2n) is 10.4. The monoisotopic (exact) mass is 392 g/mol. The van der Waals surface area contributed by atoms with Crippen molar-refractivity contribution in [2.45, 2.75) is 52.4 Å². The molecular formula is C30H32. The van der Waals surface area contributed by atoms with E-state index in [2.05, 4.69) is 126 Å². The van der Waals surface area contributed by atoms with E-state index in [1.165, 1.54) is 44.2 Å². The maximum absolute atomic E-state index is 2.41. The van der Waals surface area contributed by atoms with E-state index in [4.69, 9.17) is 0 Å². The first-order chi connectivity index (χ1) is 14.1. The number of hydrogen-bond acceptors (Lipinski definition) is 0. The number of rotatable bonds is 2. The minimum Gasteiger partial charge on any atom is -0.0622 e. The average Bonchev–Trinajstić information content (AvgIpc) is 2.72. The smallest absolute Gasteiger partial charge is 0.00960 e. The Morgan fingerprint density at radius 2 is 0.767 bits per heavy atom. The second kappa shape index (κ2) is 7.43. The van der Waals surface area contributed by atoms with Gasteiger partial charge in [0, 0.05) is 0 Å². The van der Waals surface area contributed by atoms with Gasteiger partial charge in [-0.15, -0.1) is 0 Å². The minimum atomic E-state index is 0.0778. The van der Waals surface area contributed by atoms with Gasteiger partial charge < -0.3 is 0 Å². The van der Waals surface area contributed by atoms with Gasteiger partial charge in [-0.05, 0) is 79.2 Å². The zero-order valence-corrected chi connectivity index (χ0v) is 19.1. The third-order valence-electron chi connectivity index (χ3n) is 5.97. The summed E-state index contributed by atoms with van der Waals surface area (Å²) < 4.78 is 0. The Balaban J connectivity index is 2.17. The molecule has 0 saturated carbocycles. The first-order valence-corrected chi connectivity index (χ1v) is 10.9. The van der Waals surface area contributed by atoms with Gasteiger partial charge in [-0.2, -0.15) is 0 Å². The molecule has 0 amide bonds. The van der Waals surface area contributed by atoms with Crippen LogP contribution in [0.5, 0.6) is 0 Å². The van der Waals surface area contributed by atoms with Gasteiger partial charge in [0.15, 0.2) is 0 Å². The minimum absolute atomic E-state index is 0.0778. The highest BCUT2D eigenvalue weighted by Gasteiger charge is 2.22. The first-order valence-electron chi connectivity index (χ1n) is 10.9. The molecule has 0 aliphatic rings. The lowest BCUT2D eigenvalue weighted by atomic mass is 9.79. The van der Waals surface area contributed by atoms with Crippen LogP contribution in [0.15, 0.2) is 84.9 Å². The van der Waals surface area contributed by atoms with Crippen LogP contribution < -0.4 is 0 Å². The first kappa shape index (κ1) is 20.4. The fraction of sp³-hybridized carbons (Fsp3) is 0.267. The molecule has 0 fully saturated rings. The summed E-state index contributed by atoms with van der Waals surface area (Å²) in [6.45, 7) is 13.8. The van der Waals surface area contributed by atoms with Crippen LogP contribution in [0.25, 0.3) is 33.0 Å². The highest BCUT2D eigenvalue weighted by molar-refractivity contribution is 6.05. The van der Waals surface area contributed by atoms with Crippen LogP contribution >= 0.6 is 0 Å². The van der Waals surface area contributed by atoms with Crippen molar-refractivity contribution >= 4 is 10.8 Å². The number of hydrogen-bond donors (Lipinski definition) is 0. The molecule has 0 atom stereocenters. The van der Waals surface area contributed by atoms with Crippen LogP contribution in [0.1, 0.15) is 52.7 Å². The van der Waals surface area contributed by atoms with Crippen LogP contribution in [0.3, 0.4) is 0 Å². The van der Waals surface area contributed by atoms with E-state index in [1.807, 2.05) is 0 Å². The number of benzene rings is 4. The fourth-order valence-electron chi connectivity index (χ4n) is 4.04. The van der Waals surface area contributed by atoms with E-state index in [0.717, 1.165) is 0 Å². The summed E-state index contributed by atoms with van der Waals surface area (Å²) in [5, 5.41) is 2.67. The molecule has 0 aliphatic carbocycles. The highest BCUT2D eigenvalue weighted by Crippen LogP contribution is 2.41. The van der Waals surface area contributed by atoms with Gasteiger partial charge >= 0.3 is 0 Å². The Labute approximate surface area is 181 Å². The molecular weight excluding hydrogens is 360 g/mol. The van der Waals surface area contributed by atoms with Gasteiger partial charge in [0.1, 0.15) is 0 Å². The van der Waals surface area contributed by atoms with Crippen molar-refractivity contribution < 1.29 is 0 Å². The van der Waals surface area contributed by atoms with Crippen LogP contribution in [0.4, 0.5) is 0 Å². The van der Waals surface area contributed by atoms with E-state index >= 15 is 0 Å². The molecule has 0 N–H and O–H groups in total. The molecule has 0 bridgehead atoms. The maximum Gasteiger partial charge on any atom is -0.00960 e. The van der Waals surface area contributed by atoms with Crippen LogP contribution in [-0.4, -0.2) is 0 Å². The van der Waals surface area contributed by atoms with E-state index in [0.29, 0.717) is 0 Å². The third-order valence-corrected chi connectivity index (χ3v) is 5.97. The zero-order chi connectivity index (χ0) is 21.5. The summed E-state index contributed by atoms with van der Waals surface area (Å²) >= 11 is 0. The second-order valence-corrected chi connectivity index (χ2v) is 10.4. The van der Waals surface area contributed by atoms with Crippen molar-refractivity contribution in [1.29, 1.82) is 0 Å². The summed E-state index contributed by atoms with van der Waals surface area (Å²) in [5.74, 6) is 0. The van der Waals surface area contributed by atoms with Gasteiger partial charge in [-0.25, -0.2) is 0 Å². The summed E-state index contributed by atoms with van der Waals surface area (Å²) in [6.07, 6.45) is 0. The van der Waals surface area contributed by atoms with Crippen LogP contribution in [0, 0.1) is 0 Å². The van der Waals surface area contributed by atoms with E-state index in [1.54, 1.807) is 0 Å². The van der Waals surface area contributed by atoms with Gasteiger partial charge in [-0.3, -0.25) is 0 Å². The molecule has 0 heteroatoms. The molecule has 152 valence electrons. The van der Waals surface area contributed by atoms with E-state index in [-0.39, 0.29) is 10.8 Å². The van der Waals surface area contributed by atoms with Crippen LogP contribution in [-0.2, 0) is 10.8 Å². The molecule has 4 aromatic rings. The lowest BCUT2D eigenvalue weighted by Crippen LogP contribution is -2.13. The van der Waals surface area contributed by atoms with Gasteiger partial charge in [-0.1, -0.05) is 102 Å². The fourth-order valence-corrected chi connectivity index (χ4v) is 4.04. The van der Waals surface area contributed by atoms with Crippen molar-refractivity contribution in [3.05, 3.63) is 96.1 Å². The molecule has 0 heterocycles. The van der Waals surface area contributed by atoms with Crippen molar-refractivity contribution in [1.82, 2.24) is 0 Å². The van der Waals surface area contributed by atoms with Crippen molar-refractivity contribution in [3.63, 3.8) is 0 Å². The Hall–Kier alpha value is -2.86. The number of fused-ring (bicyclic) bond motifs is 1. The van der Waals surface area contributed by atoms with E-state index < -0.39 is 0 Å². The average molecular weight is 393 g/mol. The summed E-state index contributed by atoms with van der Waals surface area (Å²) in [7, 11) is 0. The SMILES string of the molecule is CC(C)(C)c1cc(-c2ccccc2)c2cc(C(C)(C)C)cc(-c3ccccc3)c2c1. The summed E-state index contributed by atoms with van der Waals surface area (Å²) in [4.78, 5) is 0. The van der Waals surface area contributed by atoms with Crippen LogP contribution in [0.2, 0.25) is 0 Å². The van der Waals surface area contributed by atoms with Gasteiger partial charge in [0.05, 0.1) is 0 Å². The molecule has 0 aromatic heterocycles. The molecule has 4 aromatic carbocycles. The van der Waals surface area contributed by atoms with E-state index in [9.17, 15) is 0 Å². The molecule has 30 heavy (non-hydrogen) atoms. The predicted octanol–water partition coefficient (Wildman–Crippen LogP) is 8.77. The Morgan fingerprint density at radius 3 is 1.07 bits per heavy atom. The highest BCUT2D eigenvalue weighted by atomic mass is 14.3. The topological polar surface area (TPSA) is 0 Å². The third kappa shape index (κ3) is 3.92. The van der Waals surface area contributed by atoms with Crippen molar-refractivity contribution in [2.24, 2.45) is 0 Å². The molecule has 0 nitrogen and oxygen atoms in total. The quantitative estimate of drug-likeness (QED) is 0.320. The maximum atomic E-state index is 2.41. The normalized spacial score (nSPS) is 12.3. The molecule has 0 unspecified atom stereocenters. The lowest BCUT2D eigenvalue weighted by molar-refractivity contribution is 0.589. The molecule has 0 aliphatic heterocycles. The summed E-state index contributed by atoms with van der Waals surface area (Å²) in [5.41, 5.74) is 8.09. The Bertz CT molecular complexity index is 1070. The zero-order valence-electron chi connectivity index (χ0n) is 19.1. The predicted molar refractivity (Wildman–Crippen MR) is 132 cm³/mol. The van der Waals surface area contributed by atoms with Crippen molar-refractivity contribution in [3.8, 4) is 22.3 Å². The van der Waals surface area contributed by atoms with Gasteiger partial charge in [0.25, 0.3) is 0 Å². The molecule has 4 rings (SSSR count). The molecule has 0 spiro atoms. The van der Waals surface area contributed by atoms with Crippen molar-refractivity contribution in [2.75, 3.05) is 0 Å². The molecule has 0 saturated heterocycles. The Kier molecular flexibility index (Phi) is 5.06. The largest absolute Gasteiger partial charge is 0.0622 e. The Morgan fingerprint density at radius 1 is 0.433 bits per heavy atom. The lowest BCUT2D eigenvalue weighted by Gasteiger charge is -2.26. The molecule has 0 radical (unpaired) electrons. The summed E-state index contributed by atoms with van der Waals surface area (Å²) in [6, 6.07) is 31.3. The standard InChI is InChI=1S/C30H32/c1-29(2,3)23-17-25(21-13-9-7-10-14-21)28-20-24(30(4,5)6)18-26(27(28)19-23)22-15-11-8-12-16-22/h7-20H,1-6H3. The van der Waals surface area contributed by atoms with Gasteiger partial charge in [0.2, 0.25) is 0 Å².